The first-order valence-corrected chi connectivity index (χ1v) is 9.39. The summed E-state index contributed by atoms with van der Waals surface area (Å²) in [5.41, 5.74) is 12.5. The third-order valence-electron chi connectivity index (χ3n) is 4.04. The van der Waals surface area contributed by atoms with E-state index >= 15 is 0 Å². The normalized spacial score (nSPS) is 10.3. The summed E-state index contributed by atoms with van der Waals surface area (Å²) in [6.45, 7) is 3.59. The zero-order chi connectivity index (χ0) is 18.6. The lowest BCUT2D eigenvalue weighted by Crippen LogP contribution is -2.23. The molecule has 0 spiro atoms. The van der Waals surface area contributed by atoms with Crippen LogP contribution < -0.4 is 16.2 Å². The molecule has 0 atom stereocenters. The van der Waals surface area contributed by atoms with Crippen molar-refractivity contribution in [3.63, 3.8) is 0 Å². The third-order valence-corrected chi connectivity index (χ3v) is 4.04. The number of nitrogens with two attached hydrogens (primary N) is 2. The third kappa shape index (κ3) is 8.77. The van der Waals surface area contributed by atoms with Gasteiger partial charge in [0, 0.05) is 6.54 Å². The van der Waals surface area contributed by atoms with Gasteiger partial charge >= 0.3 is 0 Å². The van der Waals surface area contributed by atoms with E-state index in [-0.39, 0.29) is 18.4 Å². The molecule has 0 aliphatic rings. The van der Waals surface area contributed by atoms with Gasteiger partial charge in [0.15, 0.2) is 5.96 Å². The van der Waals surface area contributed by atoms with Crippen LogP contribution in [0.15, 0.2) is 35.5 Å². The number of aliphatic imine (C=N–C) groups is 1. The molecule has 2 rings (SSSR count). The van der Waals surface area contributed by atoms with Crippen LogP contribution in [0.5, 0.6) is 5.75 Å². The van der Waals surface area contributed by atoms with Crippen LogP contribution in [-0.4, -0.2) is 34.1 Å². The Hall–Kier alpha value is -2.28. The maximum absolute atomic E-state index is 5.79. The van der Waals surface area contributed by atoms with Gasteiger partial charge in [0.05, 0.1) is 24.2 Å². The molecule has 0 saturated heterocycles. The van der Waals surface area contributed by atoms with Crippen molar-refractivity contribution in [2.24, 2.45) is 16.5 Å². The van der Waals surface area contributed by atoms with E-state index in [9.17, 15) is 0 Å². The van der Waals surface area contributed by atoms with Crippen LogP contribution in [0.1, 0.15) is 51.1 Å². The van der Waals surface area contributed by atoms with Crippen molar-refractivity contribution in [3.05, 3.63) is 36.2 Å². The number of nitrogens with zero attached hydrogens (tertiary/aromatic N) is 4. The molecule has 0 amide bonds. The zero-order valence-corrected chi connectivity index (χ0v) is 16.8. The fourth-order valence-corrected chi connectivity index (χ4v) is 2.60. The molecule has 0 unspecified atom stereocenters. The molecule has 150 valence electrons. The first kappa shape index (κ1) is 22.8. The van der Waals surface area contributed by atoms with E-state index in [0.29, 0.717) is 6.54 Å². The van der Waals surface area contributed by atoms with Crippen molar-refractivity contribution in [2.75, 3.05) is 13.2 Å². The standard InChI is InChI=1S/C19H30N6O.ClH/c1-2-3-4-5-6-14-26-18-11-9-17(10-12-18)25-15-16(23-24-25)8-7-13-22-19(20)21;/h9-12,15H,2-8,13-14H2,1H3,(H4,20,21,22);1H. The number of hydrogen-bond donors (Lipinski definition) is 2. The maximum atomic E-state index is 5.79. The highest BCUT2D eigenvalue weighted by Gasteiger charge is 2.03. The molecule has 1 aromatic heterocycles. The van der Waals surface area contributed by atoms with E-state index < -0.39 is 0 Å². The van der Waals surface area contributed by atoms with E-state index in [0.717, 1.165) is 43.0 Å². The van der Waals surface area contributed by atoms with E-state index in [1.54, 1.807) is 4.68 Å². The van der Waals surface area contributed by atoms with Crippen molar-refractivity contribution in [3.8, 4) is 11.4 Å². The van der Waals surface area contributed by atoms with Gasteiger partial charge in [0.2, 0.25) is 0 Å². The summed E-state index contributed by atoms with van der Waals surface area (Å²) in [6.07, 6.45) is 9.76. The van der Waals surface area contributed by atoms with Crippen LogP contribution in [0, 0.1) is 0 Å². The summed E-state index contributed by atoms with van der Waals surface area (Å²) >= 11 is 0. The van der Waals surface area contributed by atoms with Crippen LogP contribution in [0.2, 0.25) is 0 Å². The summed E-state index contributed by atoms with van der Waals surface area (Å²) in [7, 11) is 0. The van der Waals surface area contributed by atoms with Crippen molar-refractivity contribution in [2.45, 2.75) is 51.9 Å². The average molecular weight is 395 g/mol. The largest absolute Gasteiger partial charge is 0.494 e. The Labute approximate surface area is 167 Å². The molecule has 0 radical (unpaired) electrons. The number of aromatic nitrogens is 3. The monoisotopic (exact) mass is 394 g/mol. The molecular weight excluding hydrogens is 364 g/mol. The number of halogens is 1. The summed E-state index contributed by atoms with van der Waals surface area (Å²) in [4.78, 5) is 3.96. The predicted molar refractivity (Wildman–Crippen MR) is 112 cm³/mol. The molecule has 0 saturated carbocycles. The molecule has 8 heteroatoms. The Morgan fingerprint density at radius 2 is 1.81 bits per heavy atom. The van der Waals surface area contributed by atoms with Crippen LogP contribution in [0.4, 0.5) is 0 Å². The minimum Gasteiger partial charge on any atom is -0.494 e. The number of ether oxygens (including phenoxy) is 1. The topological polar surface area (TPSA) is 104 Å². The maximum Gasteiger partial charge on any atom is 0.185 e. The summed E-state index contributed by atoms with van der Waals surface area (Å²) < 4.78 is 7.56. The van der Waals surface area contributed by atoms with Crippen molar-refractivity contribution in [1.82, 2.24) is 15.0 Å². The number of benzene rings is 1. The fourth-order valence-electron chi connectivity index (χ4n) is 2.60. The molecule has 27 heavy (non-hydrogen) atoms. The molecule has 4 N–H and O–H groups in total. The quantitative estimate of drug-likeness (QED) is 0.326. The molecule has 0 aliphatic carbocycles. The number of hydrogen-bond acceptors (Lipinski definition) is 4. The van der Waals surface area contributed by atoms with Crippen molar-refractivity contribution >= 4 is 18.4 Å². The summed E-state index contributed by atoms with van der Waals surface area (Å²) in [6, 6.07) is 7.93. The highest BCUT2D eigenvalue weighted by atomic mass is 35.5. The Kier molecular flexibility index (Phi) is 10.9. The van der Waals surface area contributed by atoms with E-state index in [4.69, 9.17) is 16.2 Å². The first-order chi connectivity index (χ1) is 12.7. The first-order valence-electron chi connectivity index (χ1n) is 9.39. The predicted octanol–water partition coefficient (Wildman–Crippen LogP) is 3.24. The Morgan fingerprint density at radius 3 is 2.52 bits per heavy atom. The van der Waals surface area contributed by atoms with Gasteiger partial charge in [-0.1, -0.05) is 37.8 Å². The van der Waals surface area contributed by atoms with Gasteiger partial charge in [0.25, 0.3) is 0 Å². The molecule has 2 aromatic rings. The number of unbranched alkanes of at least 4 members (excludes halogenated alkanes) is 4. The van der Waals surface area contributed by atoms with E-state index in [1.165, 1.54) is 25.7 Å². The Morgan fingerprint density at radius 1 is 1.07 bits per heavy atom. The number of guanidine groups is 1. The zero-order valence-electron chi connectivity index (χ0n) is 16.0. The Balaban J connectivity index is 0.00000364. The second-order valence-corrected chi connectivity index (χ2v) is 6.32. The summed E-state index contributed by atoms with van der Waals surface area (Å²) in [5.74, 6) is 1.01. The molecule has 1 aromatic carbocycles. The lowest BCUT2D eigenvalue weighted by atomic mass is 10.2. The summed E-state index contributed by atoms with van der Waals surface area (Å²) in [5, 5.41) is 8.36. The Bertz CT molecular complexity index is 667. The van der Waals surface area contributed by atoms with Gasteiger partial charge in [0.1, 0.15) is 5.75 Å². The fraction of sp³-hybridized carbons (Fsp3) is 0.526. The molecule has 0 aliphatic heterocycles. The van der Waals surface area contributed by atoms with Crippen LogP contribution in [0.3, 0.4) is 0 Å². The minimum absolute atomic E-state index is 0. The van der Waals surface area contributed by atoms with E-state index in [2.05, 4.69) is 22.2 Å². The molecule has 1 heterocycles. The lowest BCUT2D eigenvalue weighted by molar-refractivity contribution is 0.304. The molecule has 7 nitrogen and oxygen atoms in total. The van der Waals surface area contributed by atoms with Crippen molar-refractivity contribution in [1.29, 1.82) is 0 Å². The van der Waals surface area contributed by atoms with Crippen LogP contribution in [0.25, 0.3) is 5.69 Å². The lowest BCUT2D eigenvalue weighted by Gasteiger charge is -2.07. The smallest absolute Gasteiger partial charge is 0.185 e. The van der Waals surface area contributed by atoms with Gasteiger partial charge in [-0.15, -0.1) is 17.5 Å². The van der Waals surface area contributed by atoms with Crippen molar-refractivity contribution < 1.29 is 4.74 Å². The van der Waals surface area contributed by atoms with Gasteiger partial charge in [-0.05, 0) is 43.5 Å². The number of rotatable bonds is 12. The molecule has 0 fully saturated rings. The average Bonchev–Trinajstić information content (AvgIpc) is 3.11. The van der Waals surface area contributed by atoms with Crippen LogP contribution >= 0.6 is 12.4 Å². The van der Waals surface area contributed by atoms with Gasteiger partial charge in [-0.3, -0.25) is 4.99 Å². The van der Waals surface area contributed by atoms with Gasteiger partial charge < -0.3 is 16.2 Å². The highest BCUT2D eigenvalue weighted by Crippen LogP contribution is 2.16. The van der Waals surface area contributed by atoms with Crippen LogP contribution in [-0.2, 0) is 6.42 Å². The highest BCUT2D eigenvalue weighted by molar-refractivity contribution is 5.85. The second kappa shape index (κ2) is 13.0. The SMILES string of the molecule is CCCCCCCOc1ccc(-n2cc(CCCN=C(N)N)nn2)cc1.Cl. The molecule has 0 bridgehead atoms. The van der Waals surface area contributed by atoms with Gasteiger partial charge in [-0.2, -0.15) is 0 Å². The van der Waals surface area contributed by atoms with Gasteiger partial charge in [-0.25, -0.2) is 4.68 Å². The number of aryl methyl sites for hydroxylation is 1. The van der Waals surface area contributed by atoms with E-state index in [1.807, 2.05) is 30.5 Å². The minimum atomic E-state index is 0. The molecular formula is C19H31ClN6O. The second-order valence-electron chi connectivity index (χ2n) is 6.32.